The summed E-state index contributed by atoms with van der Waals surface area (Å²) in [4.78, 5) is 25.8. The van der Waals surface area contributed by atoms with Gasteiger partial charge in [0.1, 0.15) is 0 Å². The Hall–Kier alpha value is -3.53. The highest BCUT2D eigenvalue weighted by molar-refractivity contribution is 7.90. The van der Waals surface area contributed by atoms with Crippen LogP contribution in [-0.4, -0.2) is 60.6 Å². The van der Waals surface area contributed by atoms with Gasteiger partial charge in [0.15, 0.2) is 0 Å². The predicted molar refractivity (Wildman–Crippen MR) is 117 cm³/mol. The number of fused-ring (bicyclic) bond motifs is 1. The quantitative estimate of drug-likeness (QED) is 0.642. The molecule has 1 aromatic heterocycles. The molecule has 0 spiro atoms. The number of carboxylic acid groups (broad SMARTS) is 1. The number of carbonyl (C=O) groups is 2. The van der Waals surface area contributed by atoms with Crippen molar-refractivity contribution >= 4 is 44.3 Å². The molecule has 1 saturated heterocycles. The van der Waals surface area contributed by atoms with Gasteiger partial charge < -0.3 is 20.2 Å². The molecule has 3 aromatic rings. The van der Waals surface area contributed by atoms with Gasteiger partial charge in [-0.15, -0.1) is 0 Å². The van der Waals surface area contributed by atoms with Gasteiger partial charge in [-0.05, 0) is 48.5 Å². The Balaban J connectivity index is 1.59. The van der Waals surface area contributed by atoms with E-state index >= 15 is 0 Å². The molecule has 2 heterocycles. The summed E-state index contributed by atoms with van der Waals surface area (Å²) in [7, 11) is -3.80. The number of nitrogens with zero attached hydrogens (tertiary/aromatic N) is 3. The van der Waals surface area contributed by atoms with Crippen LogP contribution in [0.4, 0.5) is 16.2 Å². The highest BCUT2D eigenvalue weighted by atomic mass is 32.2. The fraction of sp³-hybridized carbons (Fsp3) is 0.238. The van der Waals surface area contributed by atoms with Crippen LogP contribution < -0.4 is 10.2 Å². The van der Waals surface area contributed by atoms with E-state index in [1.807, 2.05) is 12.1 Å². The lowest BCUT2D eigenvalue weighted by molar-refractivity contribution is -0.114. The molecule has 0 radical (unpaired) electrons. The van der Waals surface area contributed by atoms with Gasteiger partial charge in [-0.2, -0.15) is 0 Å². The second-order valence-electron chi connectivity index (χ2n) is 7.32. The van der Waals surface area contributed by atoms with Gasteiger partial charge >= 0.3 is 6.09 Å². The molecule has 1 aliphatic heterocycles. The molecule has 10 heteroatoms. The van der Waals surface area contributed by atoms with E-state index in [2.05, 4.69) is 10.2 Å². The highest BCUT2D eigenvalue weighted by Crippen LogP contribution is 2.27. The molecule has 1 aliphatic rings. The molecule has 0 aliphatic carbocycles. The fourth-order valence-electron chi connectivity index (χ4n) is 3.69. The largest absolute Gasteiger partial charge is 0.465 e. The molecule has 1 fully saturated rings. The van der Waals surface area contributed by atoms with Gasteiger partial charge in [-0.1, -0.05) is 0 Å². The van der Waals surface area contributed by atoms with Crippen LogP contribution in [0.25, 0.3) is 10.9 Å². The van der Waals surface area contributed by atoms with Crippen molar-refractivity contribution in [2.75, 3.05) is 36.4 Å². The molecule has 0 saturated carbocycles. The predicted octanol–water partition coefficient (Wildman–Crippen LogP) is 2.64. The third kappa shape index (κ3) is 4.06. The van der Waals surface area contributed by atoms with E-state index in [-0.39, 0.29) is 10.8 Å². The molecule has 4 rings (SSSR count). The number of piperazine rings is 1. The molecular formula is C21H22N4O5S. The Morgan fingerprint density at radius 1 is 0.968 bits per heavy atom. The minimum Gasteiger partial charge on any atom is -0.465 e. The lowest BCUT2D eigenvalue weighted by Gasteiger charge is -2.34. The normalized spacial score (nSPS) is 14.6. The molecule has 0 bridgehead atoms. The summed E-state index contributed by atoms with van der Waals surface area (Å²) in [6.07, 6.45) is 0.607. The summed E-state index contributed by atoms with van der Waals surface area (Å²) >= 11 is 0. The Bertz CT molecular complexity index is 1240. The van der Waals surface area contributed by atoms with Crippen molar-refractivity contribution in [3.05, 3.63) is 54.7 Å². The van der Waals surface area contributed by atoms with Crippen molar-refractivity contribution in [2.45, 2.75) is 11.8 Å². The summed E-state index contributed by atoms with van der Waals surface area (Å²) in [6.45, 7) is 3.40. The third-order valence-corrected chi connectivity index (χ3v) is 6.99. The van der Waals surface area contributed by atoms with Crippen molar-refractivity contribution in [3.63, 3.8) is 0 Å². The van der Waals surface area contributed by atoms with E-state index in [1.165, 1.54) is 34.1 Å². The highest BCUT2D eigenvalue weighted by Gasteiger charge is 2.22. The van der Waals surface area contributed by atoms with Crippen LogP contribution in [0.3, 0.4) is 0 Å². The minimum atomic E-state index is -3.80. The van der Waals surface area contributed by atoms with Gasteiger partial charge in [-0.3, -0.25) is 4.79 Å². The monoisotopic (exact) mass is 442 g/mol. The van der Waals surface area contributed by atoms with Gasteiger partial charge in [-0.25, -0.2) is 17.2 Å². The summed E-state index contributed by atoms with van der Waals surface area (Å²) < 4.78 is 27.5. The number of anilines is 2. The molecule has 2 amide bonds. The number of benzene rings is 2. The first-order valence-electron chi connectivity index (χ1n) is 9.73. The van der Waals surface area contributed by atoms with Crippen molar-refractivity contribution < 1.29 is 23.1 Å². The molecule has 0 atom stereocenters. The topological polar surface area (TPSA) is 112 Å². The number of carbonyl (C=O) groups excluding carboxylic acids is 1. The van der Waals surface area contributed by atoms with Crippen molar-refractivity contribution in [1.82, 2.24) is 8.87 Å². The number of hydrogen-bond donors (Lipinski definition) is 2. The maximum atomic E-state index is 13.1. The Labute approximate surface area is 179 Å². The standard InChI is InChI=1S/C21H22N4O5S/c1-15(26)22-17-2-5-19(6-3-17)31(29,30)25-9-8-16-14-18(4-7-20(16)25)23-10-12-24(13-11-23)21(27)28/h2-9,14H,10-13H2,1H3,(H,22,26)(H,27,28). The van der Waals surface area contributed by atoms with E-state index < -0.39 is 16.1 Å². The maximum Gasteiger partial charge on any atom is 0.407 e. The number of nitrogens with one attached hydrogen (secondary N) is 1. The summed E-state index contributed by atoms with van der Waals surface area (Å²) in [6, 6.07) is 13.3. The zero-order valence-electron chi connectivity index (χ0n) is 16.9. The molecule has 162 valence electrons. The van der Waals surface area contributed by atoms with E-state index in [9.17, 15) is 18.0 Å². The van der Waals surface area contributed by atoms with Crippen LogP contribution >= 0.6 is 0 Å². The first-order valence-corrected chi connectivity index (χ1v) is 11.2. The minimum absolute atomic E-state index is 0.118. The first-order chi connectivity index (χ1) is 14.8. The Morgan fingerprint density at radius 3 is 2.26 bits per heavy atom. The second kappa shape index (κ2) is 7.95. The van der Waals surface area contributed by atoms with Crippen LogP contribution in [0, 0.1) is 0 Å². The number of hydrogen-bond acceptors (Lipinski definition) is 5. The summed E-state index contributed by atoms with van der Waals surface area (Å²) in [5, 5.41) is 12.5. The van der Waals surface area contributed by atoms with Crippen LogP contribution in [0.2, 0.25) is 0 Å². The van der Waals surface area contributed by atoms with E-state index in [4.69, 9.17) is 5.11 Å². The maximum absolute atomic E-state index is 13.1. The lowest BCUT2D eigenvalue weighted by atomic mass is 10.2. The lowest BCUT2D eigenvalue weighted by Crippen LogP contribution is -2.48. The smallest absolute Gasteiger partial charge is 0.407 e. The van der Waals surface area contributed by atoms with Gasteiger partial charge in [0.25, 0.3) is 10.0 Å². The summed E-state index contributed by atoms with van der Waals surface area (Å²) in [5.74, 6) is -0.229. The first kappa shape index (κ1) is 20.7. The van der Waals surface area contributed by atoms with Crippen LogP contribution in [0.15, 0.2) is 59.6 Å². The molecule has 9 nitrogen and oxygen atoms in total. The number of rotatable bonds is 4. The fourth-order valence-corrected chi connectivity index (χ4v) is 5.05. The zero-order chi connectivity index (χ0) is 22.2. The second-order valence-corrected chi connectivity index (χ2v) is 9.14. The van der Waals surface area contributed by atoms with E-state index in [0.29, 0.717) is 37.4 Å². The Kier molecular flexibility index (Phi) is 5.32. The number of amides is 2. The average molecular weight is 442 g/mol. The summed E-state index contributed by atoms with van der Waals surface area (Å²) in [5.41, 5.74) is 2.00. The van der Waals surface area contributed by atoms with Crippen LogP contribution in [0.5, 0.6) is 0 Å². The third-order valence-electron chi connectivity index (χ3n) is 5.28. The van der Waals surface area contributed by atoms with Gasteiger partial charge in [0.05, 0.1) is 10.4 Å². The number of aromatic nitrogens is 1. The van der Waals surface area contributed by atoms with Crippen LogP contribution in [-0.2, 0) is 14.8 Å². The molecule has 2 aromatic carbocycles. The average Bonchev–Trinajstić information content (AvgIpc) is 3.18. The zero-order valence-corrected chi connectivity index (χ0v) is 17.7. The van der Waals surface area contributed by atoms with E-state index in [1.54, 1.807) is 24.3 Å². The molecule has 31 heavy (non-hydrogen) atoms. The van der Waals surface area contributed by atoms with Gasteiger partial charge in [0, 0.05) is 56.1 Å². The molecule has 0 unspecified atom stereocenters. The Morgan fingerprint density at radius 2 is 1.65 bits per heavy atom. The molecule has 2 N–H and O–H groups in total. The van der Waals surface area contributed by atoms with Crippen molar-refractivity contribution in [2.24, 2.45) is 0 Å². The van der Waals surface area contributed by atoms with Crippen molar-refractivity contribution in [3.8, 4) is 0 Å². The van der Waals surface area contributed by atoms with E-state index in [0.717, 1.165) is 11.1 Å². The van der Waals surface area contributed by atoms with Crippen molar-refractivity contribution in [1.29, 1.82) is 0 Å². The van der Waals surface area contributed by atoms with Gasteiger partial charge in [0.2, 0.25) is 5.91 Å². The van der Waals surface area contributed by atoms with Crippen LogP contribution in [0.1, 0.15) is 6.92 Å². The molecular weight excluding hydrogens is 420 g/mol. The SMILES string of the molecule is CC(=O)Nc1ccc(S(=O)(=O)n2ccc3cc(N4CCN(C(=O)O)CC4)ccc32)cc1.